The molecule has 0 radical (unpaired) electrons. The molecule has 2 heterocycles. The van der Waals surface area contributed by atoms with E-state index < -0.39 is 0 Å². The summed E-state index contributed by atoms with van der Waals surface area (Å²) in [7, 11) is 0. The van der Waals surface area contributed by atoms with Crippen LogP contribution in [0.25, 0.3) is 11.4 Å². The zero-order chi connectivity index (χ0) is 19.3. The second-order valence-electron chi connectivity index (χ2n) is 6.34. The number of carbonyl (C=O) groups is 1. The molecule has 2 aromatic carbocycles. The lowest BCUT2D eigenvalue weighted by molar-refractivity contribution is 0.0933. The summed E-state index contributed by atoms with van der Waals surface area (Å²) in [5, 5.41) is 19.7. The minimum Gasteiger partial charge on any atom is -0.344 e. The van der Waals surface area contributed by atoms with Crippen molar-refractivity contribution in [1.82, 2.24) is 35.3 Å². The number of carbonyl (C=O) groups excluding carboxylic acids is 1. The summed E-state index contributed by atoms with van der Waals surface area (Å²) in [5.74, 6) is 0.314. The fourth-order valence-electron chi connectivity index (χ4n) is 2.79. The highest BCUT2D eigenvalue weighted by molar-refractivity contribution is 5.92. The lowest BCUT2D eigenvalue weighted by Gasteiger charge is -2.13. The Hall–Kier alpha value is -3.81. The first-order chi connectivity index (χ1) is 13.7. The minimum absolute atomic E-state index is 0.107. The molecule has 140 valence electrons. The van der Waals surface area contributed by atoms with Gasteiger partial charge in [0.15, 0.2) is 6.67 Å². The smallest absolute Gasteiger partial charge is 0.272 e. The molecule has 8 nitrogen and oxygen atoms in total. The van der Waals surface area contributed by atoms with Gasteiger partial charge >= 0.3 is 0 Å². The first-order valence-corrected chi connectivity index (χ1v) is 8.91. The zero-order valence-corrected chi connectivity index (χ0v) is 15.3. The molecule has 1 amide bonds. The van der Waals surface area contributed by atoms with Crippen LogP contribution in [0.15, 0.2) is 72.9 Å². The number of tetrazole rings is 1. The van der Waals surface area contributed by atoms with E-state index in [0.29, 0.717) is 11.5 Å². The van der Waals surface area contributed by atoms with Crippen LogP contribution in [-0.4, -0.2) is 35.9 Å². The van der Waals surface area contributed by atoms with Crippen LogP contribution in [-0.2, 0) is 6.67 Å². The van der Waals surface area contributed by atoms with Gasteiger partial charge in [0, 0.05) is 11.8 Å². The van der Waals surface area contributed by atoms with Gasteiger partial charge < -0.3 is 5.32 Å². The Balaban J connectivity index is 1.40. The molecule has 0 saturated carbocycles. The fraction of sp³-hybridized carbons (Fsp3) is 0.150. The van der Waals surface area contributed by atoms with Crippen LogP contribution in [0.2, 0.25) is 0 Å². The van der Waals surface area contributed by atoms with Gasteiger partial charge in [0.25, 0.3) is 5.91 Å². The van der Waals surface area contributed by atoms with Crippen LogP contribution >= 0.6 is 0 Å². The molecular weight excluding hydrogens is 354 g/mol. The molecule has 1 N–H and O–H groups in total. The van der Waals surface area contributed by atoms with Crippen molar-refractivity contribution in [3.63, 3.8) is 0 Å². The molecule has 0 aliphatic carbocycles. The first kappa shape index (κ1) is 17.6. The quantitative estimate of drug-likeness (QED) is 0.561. The van der Waals surface area contributed by atoms with E-state index in [4.69, 9.17) is 0 Å². The minimum atomic E-state index is -0.230. The molecule has 4 aromatic rings. The highest BCUT2D eigenvalue weighted by Crippen LogP contribution is 2.13. The van der Waals surface area contributed by atoms with Gasteiger partial charge in [0.2, 0.25) is 5.82 Å². The van der Waals surface area contributed by atoms with Gasteiger partial charge in [0.1, 0.15) is 5.69 Å². The maximum Gasteiger partial charge on any atom is 0.272 e. The molecule has 4 rings (SSSR count). The molecule has 0 saturated heterocycles. The summed E-state index contributed by atoms with van der Waals surface area (Å²) >= 11 is 0. The van der Waals surface area contributed by atoms with Gasteiger partial charge in [-0.15, -0.1) is 15.0 Å². The number of nitrogens with one attached hydrogen (secondary N) is 1. The lowest BCUT2D eigenvalue weighted by Crippen LogP contribution is -2.27. The number of rotatable bonds is 6. The average molecular weight is 373 g/mol. The third-order valence-corrected chi connectivity index (χ3v) is 4.28. The Labute approximate surface area is 161 Å². The summed E-state index contributed by atoms with van der Waals surface area (Å²) < 4.78 is 1.60. The van der Waals surface area contributed by atoms with E-state index in [2.05, 4.69) is 25.8 Å². The molecule has 0 bridgehead atoms. The monoisotopic (exact) mass is 373 g/mol. The van der Waals surface area contributed by atoms with Crippen molar-refractivity contribution in [3.05, 3.63) is 84.2 Å². The van der Waals surface area contributed by atoms with Crippen molar-refractivity contribution >= 4 is 5.91 Å². The Morgan fingerprint density at radius 1 is 1.00 bits per heavy atom. The predicted octanol–water partition coefficient (Wildman–Crippen LogP) is 2.53. The summed E-state index contributed by atoms with van der Waals surface area (Å²) in [6, 6.07) is 21.0. The van der Waals surface area contributed by atoms with Crippen molar-refractivity contribution in [3.8, 4) is 11.4 Å². The van der Waals surface area contributed by atoms with E-state index in [-0.39, 0.29) is 18.6 Å². The number of hydrogen-bond acceptors (Lipinski definition) is 5. The highest BCUT2D eigenvalue weighted by atomic mass is 16.2. The highest BCUT2D eigenvalue weighted by Gasteiger charge is 2.14. The van der Waals surface area contributed by atoms with Crippen LogP contribution < -0.4 is 5.32 Å². The van der Waals surface area contributed by atoms with Crippen LogP contribution in [0.4, 0.5) is 0 Å². The molecule has 0 fully saturated rings. The average Bonchev–Trinajstić information content (AvgIpc) is 3.39. The molecule has 0 aliphatic heterocycles. The Bertz CT molecular complexity index is 1060. The topological polar surface area (TPSA) is 90.5 Å². The van der Waals surface area contributed by atoms with Gasteiger partial charge in [0.05, 0.1) is 6.04 Å². The first-order valence-electron chi connectivity index (χ1n) is 8.91. The van der Waals surface area contributed by atoms with Gasteiger partial charge in [-0.3, -0.25) is 4.79 Å². The van der Waals surface area contributed by atoms with Gasteiger partial charge in [-0.05, 0) is 23.8 Å². The van der Waals surface area contributed by atoms with Crippen LogP contribution in [0.3, 0.4) is 0 Å². The molecule has 0 spiro atoms. The van der Waals surface area contributed by atoms with E-state index in [9.17, 15) is 4.79 Å². The van der Waals surface area contributed by atoms with E-state index in [0.717, 1.165) is 11.1 Å². The van der Waals surface area contributed by atoms with E-state index in [1.807, 2.05) is 67.6 Å². The molecule has 1 unspecified atom stereocenters. The third-order valence-electron chi connectivity index (χ3n) is 4.28. The standard InChI is InChI=1S/C20H19N7O/c1-15(16-8-4-2-5-9-16)21-20(28)18-12-13-26(23-18)14-27-24-19(22-25-27)17-10-6-3-7-11-17/h2-13,15H,14H2,1H3,(H,21,28). The largest absolute Gasteiger partial charge is 0.344 e. The van der Waals surface area contributed by atoms with Gasteiger partial charge in [-0.1, -0.05) is 60.7 Å². The van der Waals surface area contributed by atoms with Crippen molar-refractivity contribution in [2.45, 2.75) is 19.6 Å². The number of nitrogens with zero attached hydrogens (tertiary/aromatic N) is 6. The number of benzene rings is 2. The number of hydrogen-bond donors (Lipinski definition) is 1. The van der Waals surface area contributed by atoms with Crippen molar-refractivity contribution < 1.29 is 4.79 Å². The van der Waals surface area contributed by atoms with Gasteiger partial charge in [-0.25, -0.2) is 4.68 Å². The molecule has 8 heteroatoms. The number of amides is 1. The fourth-order valence-corrected chi connectivity index (χ4v) is 2.79. The second kappa shape index (κ2) is 7.83. The normalized spacial score (nSPS) is 11.9. The second-order valence-corrected chi connectivity index (χ2v) is 6.34. The molecule has 0 aliphatic rings. The van der Waals surface area contributed by atoms with E-state index in [1.165, 1.54) is 4.80 Å². The number of aromatic nitrogens is 6. The lowest BCUT2D eigenvalue weighted by atomic mass is 10.1. The third kappa shape index (κ3) is 3.96. The van der Waals surface area contributed by atoms with Crippen LogP contribution in [0, 0.1) is 0 Å². The molecule has 2 aromatic heterocycles. The van der Waals surface area contributed by atoms with Gasteiger partial charge in [-0.2, -0.15) is 5.10 Å². The molecule has 28 heavy (non-hydrogen) atoms. The summed E-state index contributed by atoms with van der Waals surface area (Å²) in [4.78, 5) is 13.9. The SMILES string of the molecule is CC(NC(=O)c1ccn(Cn2nnc(-c3ccccc3)n2)n1)c1ccccc1. The zero-order valence-electron chi connectivity index (χ0n) is 15.3. The summed E-state index contributed by atoms with van der Waals surface area (Å²) in [5.41, 5.74) is 2.27. The summed E-state index contributed by atoms with van der Waals surface area (Å²) in [6.07, 6.45) is 1.72. The van der Waals surface area contributed by atoms with E-state index in [1.54, 1.807) is 16.9 Å². The Morgan fingerprint density at radius 3 is 2.46 bits per heavy atom. The van der Waals surface area contributed by atoms with E-state index >= 15 is 0 Å². The maximum absolute atomic E-state index is 12.4. The maximum atomic E-state index is 12.4. The molecular formula is C20H19N7O. The van der Waals surface area contributed by atoms with Crippen LogP contribution in [0.1, 0.15) is 29.0 Å². The predicted molar refractivity (Wildman–Crippen MR) is 103 cm³/mol. The summed E-state index contributed by atoms with van der Waals surface area (Å²) in [6.45, 7) is 2.20. The van der Waals surface area contributed by atoms with Crippen molar-refractivity contribution in [2.24, 2.45) is 0 Å². The molecule has 1 atom stereocenters. The van der Waals surface area contributed by atoms with Crippen molar-refractivity contribution in [2.75, 3.05) is 0 Å². The Morgan fingerprint density at radius 2 is 1.71 bits per heavy atom. The Kier molecular flexibility index (Phi) is 4.92. The van der Waals surface area contributed by atoms with Crippen molar-refractivity contribution in [1.29, 1.82) is 0 Å². The van der Waals surface area contributed by atoms with Crippen LogP contribution in [0.5, 0.6) is 0 Å².